The van der Waals surface area contributed by atoms with E-state index < -0.39 is 4.92 Å². The van der Waals surface area contributed by atoms with Gasteiger partial charge in [-0.05, 0) is 37.1 Å². The van der Waals surface area contributed by atoms with E-state index in [1.807, 2.05) is 18.2 Å². The standard InChI is InChI=1S/C18H16ClN5O3S/c1-10-7-11(2)16(14(8-10)24(26)27)20-15(25)9-28-18-21-17(22-23-18)12-5-3-4-6-13(12)19/h3-8H,9H2,1-2H3,(H,20,25)(H,21,22,23). The van der Waals surface area contributed by atoms with Gasteiger partial charge >= 0.3 is 0 Å². The molecule has 0 aliphatic carbocycles. The van der Waals surface area contributed by atoms with Crippen LogP contribution < -0.4 is 5.32 Å². The monoisotopic (exact) mass is 417 g/mol. The van der Waals surface area contributed by atoms with Crippen LogP contribution in [0.1, 0.15) is 11.1 Å². The molecule has 144 valence electrons. The van der Waals surface area contributed by atoms with Gasteiger partial charge < -0.3 is 5.32 Å². The fraction of sp³-hybridized carbons (Fsp3) is 0.167. The van der Waals surface area contributed by atoms with Gasteiger partial charge in [0.15, 0.2) is 5.82 Å². The molecule has 10 heteroatoms. The highest BCUT2D eigenvalue weighted by Crippen LogP contribution is 2.30. The summed E-state index contributed by atoms with van der Waals surface area (Å²) in [6, 6.07) is 10.4. The molecule has 0 aliphatic heterocycles. The summed E-state index contributed by atoms with van der Waals surface area (Å²) in [7, 11) is 0. The third-order valence-electron chi connectivity index (χ3n) is 3.85. The average molecular weight is 418 g/mol. The Morgan fingerprint density at radius 1 is 1.32 bits per heavy atom. The predicted molar refractivity (Wildman–Crippen MR) is 109 cm³/mol. The van der Waals surface area contributed by atoms with E-state index in [9.17, 15) is 14.9 Å². The van der Waals surface area contributed by atoms with Gasteiger partial charge in [-0.3, -0.25) is 20.0 Å². The predicted octanol–water partition coefficient (Wildman–Crippen LogP) is 4.38. The number of aromatic nitrogens is 3. The van der Waals surface area contributed by atoms with Gasteiger partial charge in [-0.1, -0.05) is 41.6 Å². The summed E-state index contributed by atoms with van der Waals surface area (Å²) >= 11 is 7.25. The van der Waals surface area contributed by atoms with Crippen LogP contribution >= 0.6 is 23.4 Å². The van der Waals surface area contributed by atoms with Crippen LogP contribution in [0.4, 0.5) is 11.4 Å². The zero-order chi connectivity index (χ0) is 20.3. The lowest BCUT2D eigenvalue weighted by Crippen LogP contribution is -2.16. The van der Waals surface area contributed by atoms with Crippen molar-refractivity contribution in [3.05, 3.63) is 62.7 Å². The molecule has 28 heavy (non-hydrogen) atoms. The van der Waals surface area contributed by atoms with Crippen LogP contribution in [0.15, 0.2) is 41.6 Å². The molecule has 0 bridgehead atoms. The average Bonchev–Trinajstić information content (AvgIpc) is 3.11. The van der Waals surface area contributed by atoms with Crippen molar-refractivity contribution in [2.24, 2.45) is 0 Å². The smallest absolute Gasteiger partial charge is 0.293 e. The Hall–Kier alpha value is -2.91. The number of carbonyl (C=O) groups is 1. The molecule has 1 heterocycles. The second kappa shape index (κ2) is 8.41. The molecule has 0 saturated carbocycles. The quantitative estimate of drug-likeness (QED) is 0.349. The maximum Gasteiger partial charge on any atom is 0.293 e. The van der Waals surface area contributed by atoms with Gasteiger partial charge in [0, 0.05) is 11.6 Å². The van der Waals surface area contributed by atoms with E-state index in [1.165, 1.54) is 6.07 Å². The molecule has 0 radical (unpaired) electrons. The lowest BCUT2D eigenvalue weighted by molar-refractivity contribution is -0.384. The van der Waals surface area contributed by atoms with Crippen LogP contribution in [0.25, 0.3) is 11.4 Å². The van der Waals surface area contributed by atoms with Crippen LogP contribution in [-0.2, 0) is 4.79 Å². The van der Waals surface area contributed by atoms with Crippen molar-refractivity contribution in [3.8, 4) is 11.4 Å². The number of anilines is 1. The van der Waals surface area contributed by atoms with E-state index >= 15 is 0 Å². The van der Waals surface area contributed by atoms with Crippen molar-refractivity contribution in [2.45, 2.75) is 19.0 Å². The molecule has 8 nitrogen and oxygen atoms in total. The van der Waals surface area contributed by atoms with Gasteiger partial charge in [-0.25, -0.2) is 4.98 Å². The maximum atomic E-state index is 12.3. The van der Waals surface area contributed by atoms with E-state index in [0.717, 1.165) is 17.3 Å². The molecule has 3 rings (SSSR count). The molecular formula is C18H16ClN5O3S. The minimum absolute atomic E-state index is 0.00425. The van der Waals surface area contributed by atoms with Gasteiger partial charge in [-0.2, -0.15) is 0 Å². The summed E-state index contributed by atoms with van der Waals surface area (Å²) in [5, 5.41) is 21.7. The fourth-order valence-electron chi connectivity index (χ4n) is 2.64. The second-order valence-corrected chi connectivity index (χ2v) is 7.37. The summed E-state index contributed by atoms with van der Waals surface area (Å²) in [5.74, 6) is 0.118. The third kappa shape index (κ3) is 4.49. The van der Waals surface area contributed by atoms with Gasteiger partial charge in [0.05, 0.1) is 15.7 Å². The number of halogens is 1. The SMILES string of the molecule is Cc1cc(C)c(NC(=O)CSc2n[nH]c(-c3ccccc3Cl)n2)c([N+](=O)[O-])c1. The van der Waals surface area contributed by atoms with E-state index in [-0.39, 0.29) is 23.0 Å². The number of amides is 1. The van der Waals surface area contributed by atoms with Gasteiger partial charge in [-0.15, -0.1) is 5.10 Å². The number of aromatic amines is 1. The Balaban J connectivity index is 1.68. The number of nitrogens with one attached hydrogen (secondary N) is 2. The molecule has 0 aliphatic rings. The van der Waals surface area contributed by atoms with Gasteiger partial charge in [0.25, 0.3) is 5.69 Å². The first-order chi connectivity index (χ1) is 13.3. The number of thioether (sulfide) groups is 1. The number of carbonyl (C=O) groups excluding carboxylic acids is 1. The van der Waals surface area contributed by atoms with Crippen LogP contribution in [0.3, 0.4) is 0 Å². The summed E-state index contributed by atoms with van der Waals surface area (Å²) in [6.07, 6.45) is 0. The molecule has 0 saturated heterocycles. The Labute approximate surface area is 169 Å². The molecule has 2 aromatic carbocycles. The van der Waals surface area contributed by atoms with Crippen LogP contribution in [0.5, 0.6) is 0 Å². The Morgan fingerprint density at radius 3 is 2.79 bits per heavy atom. The Bertz CT molecular complexity index is 1050. The van der Waals surface area contributed by atoms with Crippen molar-refractivity contribution in [2.75, 3.05) is 11.1 Å². The number of rotatable bonds is 6. The first-order valence-electron chi connectivity index (χ1n) is 8.20. The highest BCUT2D eigenvalue weighted by molar-refractivity contribution is 7.99. The summed E-state index contributed by atoms with van der Waals surface area (Å²) in [6.45, 7) is 3.48. The van der Waals surface area contributed by atoms with Crippen molar-refractivity contribution >= 4 is 40.6 Å². The van der Waals surface area contributed by atoms with Crippen molar-refractivity contribution in [1.82, 2.24) is 15.2 Å². The lowest BCUT2D eigenvalue weighted by Gasteiger charge is -2.09. The maximum absolute atomic E-state index is 12.3. The summed E-state index contributed by atoms with van der Waals surface area (Å²) < 4.78 is 0. The fourth-order valence-corrected chi connectivity index (χ4v) is 3.47. The number of H-pyrrole nitrogens is 1. The number of benzene rings is 2. The van der Waals surface area contributed by atoms with Crippen LogP contribution in [0, 0.1) is 24.0 Å². The number of aryl methyl sites for hydroxylation is 2. The van der Waals surface area contributed by atoms with Gasteiger partial charge in [0.2, 0.25) is 11.1 Å². The third-order valence-corrected chi connectivity index (χ3v) is 5.02. The van der Waals surface area contributed by atoms with Crippen LogP contribution in [-0.4, -0.2) is 31.8 Å². The van der Waals surface area contributed by atoms with Crippen molar-refractivity contribution in [1.29, 1.82) is 0 Å². The van der Waals surface area contributed by atoms with Crippen molar-refractivity contribution in [3.63, 3.8) is 0 Å². The molecule has 1 amide bonds. The lowest BCUT2D eigenvalue weighted by atomic mass is 10.1. The molecule has 2 N–H and O–H groups in total. The second-order valence-electron chi connectivity index (χ2n) is 6.02. The molecule has 0 fully saturated rings. The van der Waals surface area contributed by atoms with Gasteiger partial charge in [0.1, 0.15) is 5.69 Å². The number of nitrogens with zero attached hydrogens (tertiary/aromatic N) is 3. The highest BCUT2D eigenvalue weighted by Gasteiger charge is 2.19. The van der Waals surface area contributed by atoms with E-state index in [1.54, 1.807) is 26.0 Å². The minimum Gasteiger partial charge on any atom is -0.319 e. The minimum atomic E-state index is -0.506. The van der Waals surface area contributed by atoms with Crippen molar-refractivity contribution < 1.29 is 9.72 Å². The summed E-state index contributed by atoms with van der Waals surface area (Å²) in [4.78, 5) is 27.4. The van der Waals surface area contributed by atoms with E-state index in [0.29, 0.717) is 27.1 Å². The molecule has 3 aromatic rings. The van der Waals surface area contributed by atoms with Crippen LogP contribution in [0.2, 0.25) is 5.02 Å². The molecule has 1 aromatic heterocycles. The zero-order valence-electron chi connectivity index (χ0n) is 15.0. The number of hydrogen-bond acceptors (Lipinski definition) is 6. The molecule has 0 atom stereocenters. The molecule has 0 spiro atoms. The van der Waals surface area contributed by atoms with E-state index in [4.69, 9.17) is 11.6 Å². The zero-order valence-corrected chi connectivity index (χ0v) is 16.6. The number of nitro groups is 1. The Kier molecular flexibility index (Phi) is 5.96. The first kappa shape index (κ1) is 19.8. The topological polar surface area (TPSA) is 114 Å². The highest BCUT2D eigenvalue weighted by atomic mass is 35.5. The largest absolute Gasteiger partial charge is 0.319 e. The molecular weight excluding hydrogens is 402 g/mol. The normalized spacial score (nSPS) is 10.7. The Morgan fingerprint density at radius 2 is 2.07 bits per heavy atom. The number of nitro benzene ring substituents is 1. The first-order valence-corrected chi connectivity index (χ1v) is 9.57. The molecule has 0 unspecified atom stereocenters. The summed E-state index contributed by atoms with van der Waals surface area (Å²) in [5.41, 5.74) is 2.16. The number of hydrogen-bond donors (Lipinski definition) is 2. The van der Waals surface area contributed by atoms with E-state index in [2.05, 4.69) is 20.5 Å².